The smallest absolute Gasteiger partial charge is 0.263 e. The third-order valence-electron chi connectivity index (χ3n) is 3.49. The Bertz CT molecular complexity index is 297. The summed E-state index contributed by atoms with van der Waals surface area (Å²) in [5.41, 5.74) is 2.17. The van der Waals surface area contributed by atoms with Crippen LogP contribution in [-0.4, -0.2) is 68.2 Å². The molecule has 0 bridgehead atoms. The highest BCUT2D eigenvalue weighted by Crippen LogP contribution is 2.21. The molecule has 1 rings (SSSR count). The molecule has 1 heterocycles. The van der Waals surface area contributed by atoms with Crippen LogP contribution < -0.4 is 11.3 Å². The number of likely N-dealkylation sites (N-methyl/N-ethyl adjacent to an activating group) is 1. The number of nitrogens with two attached hydrogens (primary N) is 1. The first-order chi connectivity index (χ1) is 9.42. The molecule has 0 aliphatic carbocycles. The summed E-state index contributed by atoms with van der Waals surface area (Å²) in [7, 11) is 4.17. The topological polar surface area (TPSA) is 70.8 Å². The van der Waals surface area contributed by atoms with Crippen LogP contribution in [0.15, 0.2) is 0 Å². The van der Waals surface area contributed by atoms with Crippen LogP contribution in [0.1, 0.15) is 26.7 Å². The van der Waals surface area contributed by atoms with E-state index in [2.05, 4.69) is 43.2 Å². The van der Waals surface area contributed by atoms with E-state index in [9.17, 15) is 4.79 Å². The van der Waals surface area contributed by atoms with Crippen molar-refractivity contribution in [2.45, 2.75) is 38.9 Å². The van der Waals surface area contributed by atoms with Crippen molar-refractivity contribution in [3.05, 3.63) is 0 Å². The van der Waals surface area contributed by atoms with E-state index < -0.39 is 0 Å². The minimum atomic E-state index is -0.375. The monoisotopic (exact) mass is 286 g/mol. The molecule has 0 aromatic carbocycles. The summed E-state index contributed by atoms with van der Waals surface area (Å²) in [4.78, 5) is 16.1. The van der Waals surface area contributed by atoms with Gasteiger partial charge in [-0.3, -0.25) is 15.1 Å². The summed E-state index contributed by atoms with van der Waals surface area (Å²) >= 11 is 0. The number of hydrazine groups is 1. The van der Waals surface area contributed by atoms with Crippen LogP contribution in [-0.2, 0) is 9.53 Å². The van der Waals surface area contributed by atoms with Crippen LogP contribution in [0.5, 0.6) is 0 Å². The molecule has 1 fully saturated rings. The second-order valence-electron chi connectivity index (χ2n) is 6.29. The molecule has 118 valence electrons. The number of nitrogens with zero attached hydrogens (tertiary/aromatic N) is 2. The summed E-state index contributed by atoms with van der Waals surface area (Å²) < 4.78 is 5.79. The normalized spacial score (nSPS) is 23.0. The first-order valence-electron chi connectivity index (χ1n) is 7.45. The van der Waals surface area contributed by atoms with Gasteiger partial charge in [-0.25, -0.2) is 5.84 Å². The quantitative estimate of drug-likeness (QED) is 0.375. The number of amides is 1. The largest absolute Gasteiger partial charge is 0.364 e. The van der Waals surface area contributed by atoms with Gasteiger partial charge in [0.2, 0.25) is 0 Å². The van der Waals surface area contributed by atoms with Gasteiger partial charge in [0.25, 0.3) is 5.91 Å². The van der Waals surface area contributed by atoms with E-state index in [4.69, 9.17) is 10.6 Å². The molecule has 0 saturated carbocycles. The van der Waals surface area contributed by atoms with Gasteiger partial charge in [0.1, 0.15) is 6.10 Å². The molecule has 6 heteroatoms. The Morgan fingerprint density at radius 1 is 1.35 bits per heavy atom. The van der Waals surface area contributed by atoms with E-state index in [1.807, 2.05) is 0 Å². The number of hydrogen-bond acceptors (Lipinski definition) is 5. The van der Waals surface area contributed by atoms with Crippen LogP contribution >= 0.6 is 0 Å². The summed E-state index contributed by atoms with van der Waals surface area (Å²) in [6.45, 7) is 8.46. The molecule has 6 nitrogen and oxygen atoms in total. The van der Waals surface area contributed by atoms with E-state index in [0.29, 0.717) is 5.92 Å². The van der Waals surface area contributed by atoms with E-state index in [0.717, 1.165) is 39.0 Å². The lowest BCUT2D eigenvalue weighted by molar-refractivity contribution is -0.132. The Balaban J connectivity index is 2.42. The zero-order valence-electron chi connectivity index (χ0n) is 13.3. The Kier molecular flexibility index (Phi) is 7.43. The van der Waals surface area contributed by atoms with Crippen LogP contribution in [0, 0.1) is 5.92 Å². The lowest BCUT2D eigenvalue weighted by Gasteiger charge is -2.28. The summed E-state index contributed by atoms with van der Waals surface area (Å²) in [5.74, 6) is 5.56. The predicted octanol–water partition coefficient (Wildman–Crippen LogP) is 0.0435. The van der Waals surface area contributed by atoms with Crippen molar-refractivity contribution in [1.82, 2.24) is 15.2 Å². The van der Waals surface area contributed by atoms with Gasteiger partial charge in [-0.05, 0) is 32.9 Å². The fourth-order valence-electron chi connectivity index (χ4n) is 2.53. The van der Waals surface area contributed by atoms with Crippen molar-refractivity contribution >= 4 is 5.91 Å². The molecule has 3 N–H and O–H groups in total. The highest BCUT2D eigenvalue weighted by atomic mass is 16.5. The average molecular weight is 286 g/mol. The zero-order valence-corrected chi connectivity index (χ0v) is 13.3. The first-order valence-corrected chi connectivity index (χ1v) is 7.45. The summed E-state index contributed by atoms with van der Waals surface area (Å²) in [5, 5.41) is 0. The van der Waals surface area contributed by atoms with Gasteiger partial charge in [-0.15, -0.1) is 0 Å². The molecule has 2 atom stereocenters. The van der Waals surface area contributed by atoms with E-state index >= 15 is 0 Å². The second-order valence-corrected chi connectivity index (χ2v) is 6.29. The molecule has 0 aromatic rings. The SMILES string of the molecule is CC(C)CN(CCN(C)C)CC1CCC(C(=O)NN)O1. The van der Waals surface area contributed by atoms with E-state index in [1.54, 1.807) is 0 Å². The number of carbonyl (C=O) groups excluding carboxylic acids is 1. The zero-order chi connectivity index (χ0) is 15.1. The standard InChI is InChI=1S/C14H30N4O2/c1-11(2)9-18(8-7-17(3)4)10-12-5-6-13(20-12)14(19)16-15/h11-13H,5-10,15H2,1-4H3,(H,16,19). The second kappa shape index (κ2) is 8.56. The maximum atomic E-state index is 11.5. The van der Waals surface area contributed by atoms with Gasteiger partial charge in [0.15, 0.2) is 0 Å². The van der Waals surface area contributed by atoms with Gasteiger partial charge in [-0.2, -0.15) is 0 Å². The Labute approximate surface area is 122 Å². The van der Waals surface area contributed by atoms with Gasteiger partial charge < -0.3 is 9.64 Å². The molecule has 0 spiro atoms. The molecule has 1 saturated heterocycles. The molecule has 0 aromatic heterocycles. The number of rotatable bonds is 8. The van der Waals surface area contributed by atoms with Crippen molar-refractivity contribution in [2.75, 3.05) is 40.3 Å². The number of carbonyl (C=O) groups is 1. The molecule has 1 aliphatic rings. The number of hydrogen-bond donors (Lipinski definition) is 2. The number of nitrogens with one attached hydrogen (secondary N) is 1. The van der Waals surface area contributed by atoms with Crippen LogP contribution in [0.4, 0.5) is 0 Å². The van der Waals surface area contributed by atoms with Gasteiger partial charge in [-0.1, -0.05) is 13.8 Å². The Hall–Kier alpha value is -0.690. The molecule has 2 unspecified atom stereocenters. The summed E-state index contributed by atoms with van der Waals surface area (Å²) in [6.07, 6.45) is 1.45. The molecular formula is C14H30N4O2. The van der Waals surface area contributed by atoms with Crippen LogP contribution in [0.2, 0.25) is 0 Å². The lowest BCUT2D eigenvalue weighted by atomic mass is 10.1. The van der Waals surface area contributed by atoms with Crippen LogP contribution in [0.25, 0.3) is 0 Å². The Morgan fingerprint density at radius 3 is 2.60 bits per heavy atom. The van der Waals surface area contributed by atoms with E-state index in [-0.39, 0.29) is 18.1 Å². The minimum Gasteiger partial charge on any atom is -0.364 e. The Morgan fingerprint density at radius 2 is 2.05 bits per heavy atom. The molecule has 0 radical (unpaired) electrons. The van der Waals surface area contributed by atoms with Gasteiger partial charge >= 0.3 is 0 Å². The maximum absolute atomic E-state index is 11.5. The first kappa shape index (κ1) is 17.4. The van der Waals surface area contributed by atoms with Crippen molar-refractivity contribution in [3.63, 3.8) is 0 Å². The fraction of sp³-hybridized carbons (Fsp3) is 0.929. The lowest BCUT2D eigenvalue weighted by Crippen LogP contribution is -2.41. The predicted molar refractivity (Wildman–Crippen MR) is 80.1 cm³/mol. The van der Waals surface area contributed by atoms with E-state index in [1.165, 1.54) is 0 Å². The summed E-state index contributed by atoms with van der Waals surface area (Å²) in [6, 6.07) is 0. The minimum absolute atomic E-state index is 0.137. The molecule has 1 aliphatic heterocycles. The van der Waals surface area contributed by atoms with Crippen molar-refractivity contribution < 1.29 is 9.53 Å². The molecule has 1 amide bonds. The van der Waals surface area contributed by atoms with Gasteiger partial charge in [0.05, 0.1) is 6.10 Å². The fourth-order valence-corrected chi connectivity index (χ4v) is 2.53. The highest BCUT2D eigenvalue weighted by molar-refractivity contribution is 5.80. The third-order valence-corrected chi connectivity index (χ3v) is 3.49. The maximum Gasteiger partial charge on any atom is 0.263 e. The van der Waals surface area contributed by atoms with Crippen LogP contribution in [0.3, 0.4) is 0 Å². The number of ether oxygens (including phenoxy) is 1. The van der Waals surface area contributed by atoms with Crippen molar-refractivity contribution in [3.8, 4) is 0 Å². The van der Waals surface area contributed by atoms with Crippen molar-refractivity contribution in [1.29, 1.82) is 0 Å². The van der Waals surface area contributed by atoms with Gasteiger partial charge in [0, 0.05) is 26.2 Å². The molecule has 20 heavy (non-hydrogen) atoms. The third kappa shape index (κ3) is 6.17. The average Bonchev–Trinajstić information content (AvgIpc) is 2.82. The highest BCUT2D eigenvalue weighted by Gasteiger charge is 2.31. The molecular weight excluding hydrogens is 256 g/mol. The van der Waals surface area contributed by atoms with Crippen molar-refractivity contribution in [2.24, 2.45) is 11.8 Å².